The Balaban J connectivity index is 1.44. The van der Waals surface area contributed by atoms with Crippen LogP contribution in [-0.2, 0) is 30.6 Å². The van der Waals surface area contributed by atoms with Gasteiger partial charge in [0.05, 0.1) is 27.8 Å². The molecule has 0 aliphatic rings. The lowest BCUT2D eigenvalue weighted by Gasteiger charge is -2.20. The number of hydrogen-bond acceptors (Lipinski definition) is 3. The molecule has 0 aliphatic carbocycles. The third-order valence-electron chi connectivity index (χ3n) is 9.29. The first-order valence-electron chi connectivity index (χ1n) is 16.1. The predicted octanol–water partition coefficient (Wildman–Crippen LogP) is 9.24. The van der Waals surface area contributed by atoms with Crippen molar-refractivity contribution in [2.24, 2.45) is 7.05 Å². The van der Waals surface area contributed by atoms with E-state index in [2.05, 4.69) is 5.32 Å². The maximum atomic E-state index is 15.4. The number of nitrogens with zero attached hydrogens (tertiary/aromatic N) is 1. The molecule has 0 aliphatic heterocycles. The number of aryl methyl sites for hydroxylation is 3. The smallest absolute Gasteiger partial charge is 0.419 e. The standard InChI is InChI=1S/C40H29F7N2O4/c1-20-9-6-10-21(2)32(20)23-17-28(35(41)29(18-23)39(42,43)44)36(50)48-30(38(52)53)19-22-11-7-14-25-24(22)13-8-15-26(25)33-34(40(45,46)47)27-12-4-5-16-31(27)49(3)37(33)51/h4-18,30H,19H2,1-3H3,(H,48,50)(H,52,53)/t30-/m0/s1. The summed E-state index contributed by atoms with van der Waals surface area (Å²) < 4.78 is 103. The third kappa shape index (κ3) is 6.74. The Morgan fingerprint density at radius 3 is 2.02 bits per heavy atom. The molecule has 1 atom stereocenters. The number of nitrogens with one attached hydrogen (secondary N) is 1. The minimum absolute atomic E-state index is 0.0629. The topological polar surface area (TPSA) is 88.4 Å². The van der Waals surface area contributed by atoms with E-state index in [0.29, 0.717) is 22.8 Å². The van der Waals surface area contributed by atoms with Crippen molar-refractivity contribution >= 4 is 33.6 Å². The Labute approximate surface area is 297 Å². The molecule has 0 unspecified atom stereocenters. The number of hydrogen-bond donors (Lipinski definition) is 2. The van der Waals surface area contributed by atoms with E-state index in [9.17, 15) is 45.8 Å². The van der Waals surface area contributed by atoms with Crippen LogP contribution < -0.4 is 10.9 Å². The van der Waals surface area contributed by atoms with Gasteiger partial charge < -0.3 is 15.0 Å². The molecule has 6 aromatic rings. The first-order valence-corrected chi connectivity index (χ1v) is 16.1. The van der Waals surface area contributed by atoms with Gasteiger partial charge in [-0.3, -0.25) is 9.59 Å². The first kappa shape index (κ1) is 36.8. The fraction of sp³-hybridized carbons (Fsp3) is 0.175. The molecule has 13 heteroatoms. The quantitative estimate of drug-likeness (QED) is 0.160. The van der Waals surface area contributed by atoms with Crippen LogP contribution in [0.5, 0.6) is 0 Å². The Bertz CT molecular complexity index is 2500. The van der Waals surface area contributed by atoms with Gasteiger partial charge in [-0.25, -0.2) is 9.18 Å². The largest absolute Gasteiger partial charge is 0.480 e. The van der Waals surface area contributed by atoms with E-state index >= 15 is 4.39 Å². The molecule has 6 nitrogen and oxygen atoms in total. The van der Waals surface area contributed by atoms with Crippen molar-refractivity contribution in [1.82, 2.24) is 9.88 Å². The zero-order chi connectivity index (χ0) is 38.6. The summed E-state index contributed by atoms with van der Waals surface area (Å²) in [4.78, 5) is 39.6. The Morgan fingerprint density at radius 2 is 1.38 bits per heavy atom. The molecule has 0 saturated heterocycles. The minimum Gasteiger partial charge on any atom is -0.480 e. The number of carboxylic acid groups (broad SMARTS) is 1. The normalized spacial score (nSPS) is 12.6. The van der Waals surface area contributed by atoms with Gasteiger partial charge in [-0.05, 0) is 76.2 Å². The molecule has 53 heavy (non-hydrogen) atoms. The third-order valence-corrected chi connectivity index (χ3v) is 9.29. The molecule has 272 valence electrons. The van der Waals surface area contributed by atoms with E-state index in [1.165, 1.54) is 67.7 Å². The number of carbonyl (C=O) groups is 2. The van der Waals surface area contributed by atoms with Crippen LogP contribution in [0.1, 0.15) is 38.2 Å². The summed E-state index contributed by atoms with van der Waals surface area (Å²) in [6.07, 6.45) is -10.7. The highest BCUT2D eigenvalue weighted by atomic mass is 19.4. The first-order chi connectivity index (χ1) is 24.9. The van der Waals surface area contributed by atoms with Gasteiger partial charge in [-0.1, -0.05) is 72.8 Å². The van der Waals surface area contributed by atoms with Crippen LogP contribution in [0.3, 0.4) is 0 Å². The maximum Gasteiger partial charge on any atom is 0.419 e. The molecular weight excluding hydrogens is 705 g/mol. The van der Waals surface area contributed by atoms with Crippen molar-refractivity contribution in [3.05, 3.63) is 141 Å². The zero-order valence-electron chi connectivity index (χ0n) is 28.2. The summed E-state index contributed by atoms with van der Waals surface area (Å²) >= 11 is 0. The van der Waals surface area contributed by atoms with E-state index in [1.807, 2.05) is 0 Å². The van der Waals surface area contributed by atoms with Crippen LogP contribution in [-0.4, -0.2) is 27.6 Å². The van der Waals surface area contributed by atoms with Crippen molar-refractivity contribution in [1.29, 1.82) is 0 Å². The van der Waals surface area contributed by atoms with Gasteiger partial charge in [-0.15, -0.1) is 0 Å². The van der Waals surface area contributed by atoms with Crippen LogP contribution in [0.2, 0.25) is 0 Å². The van der Waals surface area contributed by atoms with Crippen molar-refractivity contribution in [3.8, 4) is 22.3 Å². The zero-order valence-corrected chi connectivity index (χ0v) is 28.2. The van der Waals surface area contributed by atoms with Crippen molar-refractivity contribution < 1.29 is 45.4 Å². The molecule has 6 rings (SSSR count). The predicted molar refractivity (Wildman–Crippen MR) is 186 cm³/mol. The van der Waals surface area contributed by atoms with Crippen LogP contribution in [0.25, 0.3) is 43.9 Å². The van der Waals surface area contributed by atoms with E-state index in [1.54, 1.807) is 32.0 Å². The molecule has 1 aromatic heterocycles. The highest BCUT2D eigenvalue weighted by molar-refractivity contribution is 6.02. The number of halogens is 7. The molecule has 0 fully saturated rings. The van der Waals surface area contributed by atoms with Gasteiger partial charge >= 0.3 is 18.3 Å². The van der Waals surface area contributed by atoms with Gasteiger partial charge in [0.15, 0.2) is 0 Å². The lowest BCUT2D eigenvalue weighted by atomic mass is 9.90. The fourth-order valence-electron chi connectivity index (χ4n) is 6.88. The minimum atomic E-state index is -5.20. The molecule has 5 aromatic carbocycles. The SMILES string of the molecule is Cc1cccc(C)c1-c1cc(C(=O)N[C@@H](Cc2cccc3c(-c4c(C(F)(F)F)c5ccccc5n(C)c4=O)cccc23)C(=O)O)c(F)c(C(F)(F)F)c1. The highest BCUT2D eigenvalue weighted by Crippen LogP contribution is 2.42. The number of fused-ring (bicyclic) bond motifs is 2. The monoisotopic (exact) mass is 734 g/mol. The number of para-hydroxylation sites is 1. The lowest BCUT2D eigenvalue weighted by molar-refractivity contribution is -0.140. The van der Waals surface area contributed by atoms with E-state index in [4.69, 9.17) is 0 Å². The van der Waals surface area contributed by atoms with E-state index in [0.717, 1.165) is 10.6 Å². The maximum absolute atomic E-state index is 15.4. The second-order valence-electron chi connectivity index (χ2n) is 12.7. The molecule has 0 radical (unpaired) electrons. The van der Waals surface area contributed by atoms with E-state index < -0.39 is 70.3 Å². The number of aliphatic carboxylic acids is 1. The lowest BCUT2D eigenvalue weighted by Crippen LogP contribution is -2.42. The van der Waals surface area contributed by atoms with Gasteiger partial charge in [0.25, 0.3) is 11.5 Å². The summed E-state index contributed by atoms with van der Waals surface area (Å²) in [5, 5.41) is 12.5. The fourth-order valence-corrected chi connectivity index (χ4v) is 6.88. The molecule has 0 bridgehead atoms. The number of benzene rings is 5. The number of alkyl halides is 6. The number of aromatic nitrogens is 1. The van der Waals surface area contributed by atoms with Gasteiger partial charge in [0, 0.05) is 18.9 Å². The average molecular weight is 735 g/mol. The van der Waals surface area contributed by atoms with Gasteiger partial charge in [0.2, 0.25) is 0 Å². The van der Waals surface area contributed by atoms with Crippen molar-refractivity contribution in [2.75, 3.05) is 0 Å². The van der Waals surface area contributed by atoms with E-state index in [-0.39, 0.29) is 38.4 Å². The number of carbonyl (C=O) groups excluding carboxylic acids is 1. The summed E-state index contributed by atoms with van der Waals surface area (Å²) in [6.45, 7) is 3.27. The summed E-state index contributed by atoms with van der Waals surface area (Å²) in [5.41, 5.74) is -3.90. The van der Waals surface area contributed by atoms with Crippen molar-refractivity contribution in [3.63, 3.8) is 0 Å². The number of carboxylic acids is 1. The van der Waals surface area contributed by atoms with Crippen LogP contribution in [0, 0.1) is 19.7 Å². The summed E-state index contributed by atoms with van der Waals surface area (Å²) in [5.74, 6) is -4.93. The number of rotatable bonds is 7. The molecule has 2 N–H and O–H groups in total. The van der Waals surface area contributed by atoms with Crippen LogP contribution >= 0.6 is 0 Å². The highest BCUT2D eigenvalue weighted by Gasteiger charge is 2.39. The Kier molecular flexibility index (Phi) is 9.40. The molecule has 0 spiro atoms. The Morgan fingerprint density at radius 1 is 0.774 bits per heavy atom. The second-order valence-corrected chi connectivity index (χ2v) is 12.7. The van der Waals surface area contributed by atoms with Crippen LogP contribution in [0.15, 0.2) is 95.8 Å². The Hall–Kier alpha value is -5.98. The second kappa shape index (κ2) is 13.5. The van der Waals surface area contributed by atoms with Gasteiger partial charge in [-0.2, -0.15) is 26.3 Å². The average Bonchev–Trinajstić information content (AvgIpc) is 3.08. The van der Waals surface area contributed by atoms with Gasteiger partial charge in [0.1, 0.15) is 11.9 Å². The summed E-state index contributed by atoms with van der Waals surface area (Å²) in [6, 6.07) is 18.8. The molecule has 1 heterocycles. The van der Waals surface area contributed by atoms with Crippen molar-refractivity contribution in [2.45, 2.75) is 38.7 Å². The van der Waals surface area contributed by atoms with Crippen LogP contribution in [0.4, 0.5) is 30.7 Å². The molecular formula is C40H29F7N2O4. The summed E-state index contributed by atoms with van der Waals surface area (Å²) in [7, 11) is 1.35. The molecule has 0 saturated carbocycles. The number of amides is 1. The number of pyridine rings is 1. The molecule has 1 amide bonds.